The lowest BCUT2D eigenvalue weighted by Crippen LogP contribution is -2.30. The quantitative estimate of drug-likeness (QED) is 0.135. The van der Waals surface area contributed by atoms with Crippen LogP contribution >= 0.6 is 7.26 Å². The number of carbonyl (C=O) groups excluding carboxylic acids is 1. The molecule has 222 valence electrons. The van der Waals surface area contributed by atoms with Crippen molar-refractivity contribution in [1.82, 2.24) is 0 Å². The highest BCUT2D eigenvalue weighted by Crippen LogP contribution is 2.51. The van der Waals surface area contributed by atoms with Gasteiger partial charge in [0, 0.05) is 11.5 Å². The van der Waals surface area contributed by atoms with Crippen LogP contribution in [0.15, 0.2) is 146 Å². The minimum atomic E-state index is -1.53. The fourth-order valence-electron chi connectivity index (χ4n) is 5.52. The molecule has 5 aromatic rings. The second-order valence-corrected chi connectivity index (χ2v) is 15.8. The third-order valence-electron chi connectivity index (χ3n) is 8.53. The van der Waals surface area contributed by atoms with Gasteiger partial charge in [-0.05, 0) is 99.0 Å². The number of allylic oxidation sites excluding steroid dienone is 1. The zero-order chi connectivity index (χ0) is 30.9. The Morgan fingerprint density at radius 1 is 0.545 bits per heavy atom. The Bertz CT molecular complexity index is 1500. The molecule has 44 heavy (non-hydrogen) atoms. The van der Waals surface area contributed by atoms with Crippen LogP contribution in [0, 0.1) is 25.7 Å². The highest BCUT2D eigenvalue weighted by Gasteiger charge is 2.39. The molecular weight excluding hydrogens is 551 g/mol. The van der Waals surface area contributed by atoms with Crippen molar-refractivity contribution in [2.75, 3.05) is 6.66 Å². The van der Waals surface area contributed by atoms with Crippen molar-refractivity contribution in [2.24, 2.45) is 11.8 Å². The van der Waals surface area contributed by atoms with Crippen LogP contribution in [0.3, 0.4) is 0 Å². The second kappa shape index (κ2) is 14.6. The molecule has 0 aliphatic heterocycles. The van der Waals surface area contributed by atoms with Gasteiger partial charge in [0.05, 0.1) is 6.66 Å². The molecule has 2 aliphatic carbocycles. The first kappa shape index (κ1) is 31.4. The first-order valence-corrected chi connectivity index (χ1v) is 18.0. The molecule has 0 unspecified atom stereocenters. The maximum Gasteiger partial charge on any atom is 0.165 e. The van der Waals surface area contributed by atoms with Crippen LogP contribution in [0.5, 0.6) is 0 Å². The minimum absolute atomic E-state index is 0.332. The van der Waals surface area contributed by atoms with Gasteiger partial charge < -0.3 is 0 Å². The Morgan fingerprint density at radius 2 is 0.932 bits per heavy atom. The highest BCUT2D eigenvalue weighted by atomic mass is 31.2. The summed E-state index contributed by atoms with van der Waals surface area (Å²) in [6.07, 6.45) is 4.86. The van der Waals surface area contributed by atoms with Crippen molar-refractivity contribution in [3.05, 3.63) is 168 Å². The van der Waals surface area contributed by atoms with Crippen molar-refractivity contribution in [2.45, 2.75) is 39.5 Å². The molecule has 0 spiro atoms. The summed E-state index contributed by atoms with van der Waals surface area (Å²) < 4.78 is 0. The molecule has 5 aromatic carbocycles. The van der Waals surface area contributed by atoms with E-state index in [2.05, 4.69) is 135 Å². The van der Waals surface area contributed by atoms with E-state index in [0.29, 0.717) is 11.7 Å². The number of Topliss-reactive ketones (excluding diaryl/α,β-unsaturated/α-hetero) is 1. The maximum absolute atomic E-state index is 11.6. The Kier molecular flexibility index (Phi) is 10.4. The molecule has 0 saturated heterocycles. The van der Waals surface area contributed by atoms with E-state index in [-0.39, 0.29) is 0 Å². The average Bonchev–Trinajstić information content (AvgIpc) is 4.00. The summed E-state index contributed by atoms with van der Waals surface area (Å²) in [5.74, 6) is 1.46. The Balaban J connectivity index is 0.000000138. The SMILES string of the molecule is C=C(c1cccc(C)c1)C1CC1.C[P+](c1ccccc1)(c1ccccc1)c1ccccc1.Cc1cccc(C(=O)C2CC2)c1. The molecule has 2 saturated carbocycles. The summed E-state index contributed by atoms with van der Waals surface area (Å²) in [7, 11) is -1.53. The zero-order valence-corrected chi connectivity index (χ0v) is 27.2. The van der Waals surface area contributed by atoms with E-state index >= 15 is 0 Å². The summed E-state index contributed by atoms with van der Waals surface area (Å²) in [4.78, 5) is 11.6. The number of aryl methyl sites for hydroxylation is 2. The van der Waals surface area contributed by atoms with Gasteiger partial charge in [-0.25, -0.2) is 0 Å². The maximum atomic E-state index is 11.6. The van der Waals surface area contributed by atoms with E-state index in [0.717, 1.165) is 24.3 Å². The lowest BCUT2D eigenvalue weighted by atomic mass is 10.0. The topological polar surface area (TPSA) is 17.1 Å². The van der Waals surface area contributed by atoms with E-state index < -0.39 is 7.26 Å². The van der Waals surface area contributed by atoms with Crippen LogP contribution in [-0.2, 0) is 0 Å². The molecular formula is C42H44OP+. The molecule has 2 fully saturated rings. The van der Waals surface area contributed by atoms with Gasteiger partial charge in [-0.1, -0.05) is 115 Å². The molecule has 1 nitrogen and oxygen atoms in total. The first-order valence-electron chi connectivity index (χ1n) is 15.8. The number of carbonyl (C=O) groups is 1. The largest absolute Gasteiger partial charge is 0.294 e. The van der Waals surface area contributed by atoms with Gasteiger partial charge in [0.2, 0.25) is 0 Å². The molecule has 0 atom stereocenters. The summed E-state index contributed by atoms with van der Waals surface area (Å²) >= 11 is 0. The predicted octanol–water partition coefficient (Wildman–Crippen LogP) is 9.62. The van der Waals surface area contributed by atoms with Crippen molar-refractivity contribution < 1.29 is 4.79 Å². The van der Waals surface area contributed by atoms with Gasteiger partial charge in [0.15, 0.2) is 5.78 Å². The summed E-state index contributed by atoms with van der Waals surface area (Å²) in [6, 6.07) is 49.1. The fraction of sp³-hybridized carbons (Fsp3) is 0.214. The van der Waals surface area contributed by atoms with Crippen LogP contribution < -0.4 is 15.9 Å². The smallest absolute Gasteiger partial charge is 0.165 e. The van der Waals surface area contributed by atoms with E-state index in [4.69, 9.17) is 0 Å². The molecule has 2 aliphatic rings. The van der Waals surface area contributed by atoms with Crippen molar-refractivity contribution in [3.63, 3.8) is 0 Å². The Morgan fingerprint density at radius 3 is 1.32 bits per heavy atom. The van der Waals surface area contributed by atoms with Crippen LogP contribution in [-0.4, -0.2) is 12.4 Å². The number of hydrogen-bond acceptors (Lipinski definition) is 1. The van der Waals surface area contributed by atoms with Gasteiger partial charge >= 0.3 is 0 Å². The van der Waals surface area contributed by atoms with Gasteiger partial charge in [-0.15, -0.1) is 0 Å². The van der Waals surface area contributed by atoms with Crippen molar-refractivity contribution in [3.8, 4) is 0 Å². The molecule has 0 heterocycles. The summed E-state index contributed by atoms with van der Waals surface area (Å²) in [5, 5.41) is 4.28. The zero-order valence-electron chi connectivity index (χ0n) is 26.3. The fourth-order valence-corrected chi connectivity index (χ4v) is 8.72. The third-order valence-corrected chi connectivity index (χ3v) is 12.5. The molecule has 0 bridgehead atoms. The monoisotopic (exact) mass is 595 g/mol. The second-order valence-electron chi connectivity index (χ2n) is 12.2. The van der Waals surface area contributed by atoms with Crippen LogP contribution in [0.25, 0.3) is 5.57 Å². The lowest BCUT2D eigenvalue weighted by molar-refractivity contribution is 0.0967. The standard InChI is InChI=1S/C19H18P.C12H14.C11H12O/c1-20(17-11-5-2-6-12-17,18-13-7-3-8-14-18)19-15-9-4-10-16-19;1-9-4-3-5-12(8-9)10(2)11-6-7-11;1-8-3-2-4-10(7-8)11(12)9-5-6-9/h2-16H,1H3;3-5,8,11H,2,6-7H2,1H3;2-4,7,9H,5-6H2,1H3/q+1;;. The Labute approximate surface area is 265 Å². The number of rotatable bonds is 7. The van der Waals surface area contributed by atoms with Gasteiger partial charge in [0.1, 0.15) is 23.2 Å². The van der Waals surface area contributed by atoms with E-state index in [9.17, 15) is 4.79 Å². The molecule has 0 amide bonds. The lowest BCUT2D eigenvalue weighted by Gasteiger charge is -2.22. The molecule has 7 rings (SSSR count). The van der Waals surface area contributed by atoms with E-state index in [1.807, 2.05) is 31.2 Å². The third kappa shape index (κ3) is 8.10. The normalized spacial score (nSPS) is 13.9. The predicted molar refractivity (Wildman–Crippen MR) is 192 cm³/mol. The van der Waals surface area contributed by atoms with Gasteiger partial charge in [-0.2, -0.15) is 0 Å². The van der Waals surface area contributed by atoms with Gasteiger partial charge in [0.25, 0.3) is 0 Å². The summed E-state index contributed by atoms with van der Waals surface area (Å²) in [5.41, 5.74) is 6.05. The highest BCUT2D eigenvalue weighted by molar-refractivity contribution is 7.95. The molecule has 0 radical (unpaired) electrons. The molecule has 0 aromatic heterocycles. The number of ketones is 1. The minimum Gasteiger partial charge on any atom is -0.294 e. The average molecular weight is 596 g/mol. The van der Waals surface area contributed by atoms with Crippen LogP contribution in [0.1, 0.15) is 52.7 Å². The Hall–Kier alpha value is -4.06. The van der Waals surface area contributed by atoms with Crippen LogP contribution in [0.2, 0.25) is 0 Å². The molecule has 2 heteroatoms. The van der Waals surface area contributed by atoms with Gasteiger partial charge in [-0.3, -0.25) is 4.79 Å². The van der Waals surface area contributed by atoms with E-state index in [1.54, 1.807) is 0 Å². The van der Waals surface area contributed by atoms with Crippen LogP contribution in [0.4, 0.5) is 0 Å². The summed E-state index contributed by atoms with van der Waals surface area (Å²) in [6.45, 7) is 10.7. The molecule has 0 N–H and O–H groups in total. The first-order chi connectivity index (χ1) is 21.4. The number of benzene rings is 5. The number of hydrogen-bond donors (Lipinski definition) is 0. The van der Waals surface area contributed by atoms with Crippen molar-refractivity contribution >= 4 is 34.5 Å². The van der Waals surface area contributed by atoms with Crippen molar-refractivity contribution in [1.29, 1.82) is 0 Å². The van der Waals surface area contributed by atoms with E-state index in [1.165, 1.54) is 51.0 Å².